The highest BCUT2D eigenvalue weighted by Crippen LogP contribution is 2.48. The number of nitrogen functional groups attached to an aromatic ring is 1. The number of hydrogen-bond donors (Lipinski definition) is 2. The lowest BCUT2D eigenvalue weighted by atomic mass is 10.1. The Labute approximate surface area is 211 Å². The number of fused-ring (bicyclic) bond motifs is 1. The van der Waals surface area contributed by atoms with Gasteiger partial charge in [0.1, 0.15) is 29.6 Å². The quantitative estimate of drug-likeness (QED) is 0.376. The van der Waals surface area contributed by atoms with Crippen molar-refractivity contribution in [1.29, 1.82) is 0 Å². The first-order valence-electron chi connectivity index (χ1n) is 12.1. The van der Waals surface area contributed by atoms with Gasteiger partial charge < -0.3 is 20.1 Å². The van der Waals surface area contributed by atoms with Gasteiger partial charge in [-0.1, -0.05) is 5.16 Å². The number of likely N-dealkylation sites (tertiary alicyclic amines) is 1. The molecule has 2 aliphatic rings. The largest absolute Gasteiger partial charge is 0.485 e. The third-order valence-electron chi connectivity index (χ3n) is 6.46. The van der Waals surface area contributed by atoms with E-state index in [1.54, 1.807) is 17.3 Å². The van der Waals surface area contributed by atoms with Gasteiger partial charge in [-0.15, -0.1) is 0 Å². The van der Waals surface area contributed by atoms with Gasteiger partial charge in [0.2, 0.25) is 0 Å². The molecule has 4 aromatic rings. The molecule has 13 nitrogen and oxygen atoms in total. The predicted octanol–water partition coefficient (Wildman–Crippen LogP) is 2.30. The molecule has 0 unspecified atom stereocenters. The minimum absolute atomic E-state index is 0.00468. The molecule has 0 spiro atoms. The summed E-state index contributed by atoms with van der Waals surface area (Å²) in [5, 5.41) is 18.8. The van der Waals surface area contributed by atoms with Crippen molar-refractivity contribution < 1.29 is 19.2 Å². The van der Waals surface area contributed by atoms with Crippen LogP contribution in [0.3, 0.4) is 0 Å². The first-order valence-corrected chi connectivity index (χ1v) is 12.1. The molecule has 192 valence electrons. The number of nitrogens with zero attached hydrogens (tertiary/aromatic N) is 8. The van der Waals surface area contributed by atoms with Crippen molar-refractivity contribution in [3.05, 3.63) is 24.5 Å². The number of rotatable bonds is 7. The van der Waals surface area contributed by atoms with Crippen LogP contribution in [0.2, 0.25) is 0 Å². The fraction of sp³-hybridized carbons (Fsp3) is 0.458. The summed E-state index contributed by atoms with van der Waals surface area (Å²) in [6, 6.07) is 0. The molecule has 2 fully saturated rings. The summed E-state index contributed by atoms with van der Waals surface area (Å²) in [4.78, 5) is 30.4. The molecule has 4 aromatic heterocycles. The van der Waals surface area contributed by atoms with Crippen LogP contribution in [0.25, 0.3) is 33.8 Å². The molecular weight excluding hydrogens is 478 g/mol. The highest BCUT2D eigenvalue weighted by molar-refractivity contribution is 6.00. The second kappa shape index (κ2) is 8.47. The molecule has 0 amide bonds. The third kappa shape index (κ3) is 4.24. The molecule has 6 rings (SSSR count). The van der Waals surface area contributed by atoms with Gasteiger partial charge in [0, 0.05) is 19.0 Å². The fourth-order valence-electron chi connectivity index (χ4n) is 4.53. The standard InChI is InChI=1S/C24H27N9O4/c1-24(2,3)33-23-17(21(25)28-11-29-23)18(30-33)19-16(20(37-31-19)12-4-5-12)22-26-6-13(7-27-22)36-14-8-32(9-14)10-15(34)35/h6-7,11-12,14H,4-5,8-10H2,1-3H3,(H,34,35)(H2,25,28,29). The average molecular weight is 506 g/mol. The molecule has 1 saturated heterocycles. The van der Waals surface area contributed by atoms with Gasteiger partial charge in [-0.3, -0.25) is 9.69 Å². The third-order valence-corrected chi connectivity index (χ3v) is 6.46. The normalized spacial score (nSPS) is 16.7. The Kier molecular flexibility index (Phi) is 5.33. The molecule has 5 heterocycles. The number of carboxylic acid groups (broad SMARTS) is 1. The number of hydrogen-bond acceptors (Lipinski definition) is 11. The summed E-state index contributed by atoms with van der Waals surface area (Å²) >= 11 is 0. The Balaban J connectivity index is 1.36. The molecule has 0 radical (unpaired) electrons. The number of nitrogens with two attached hydrogens (primary N) is 1. The van der Waals surface area contributed by atoms with Gasteiger partial charge in [0.25, 0.3) is 0 Å². The maximum Gasteiger partial charge on any atom is 0.317 e. The van der Waals surface area contributed by atoms with Crippen LogP contribution >= 0.6 is 0 Å². The monoisotopic (exact) mass is 505 g/mol. The summed E-state index contributed by atoms with van der Waals surface area (Å²) in [6.45, 7) is 7.19. The molecule has 1 aliphatic carbocycles. The minimum atomic E-state index is -0.851. The van der Waals surface area contributed by atoms with E-state index >= 15 is 0 Å². The van der Waals surface area contributed by atoms with Crippen LogP contribution in [0.4, 0.5) is 5.82 Å². The SMILES string of the molecule is CC(C)(C)n1nc(-c2noc(C3CC3)c2-c2ncc(OC3CN(CC(=O)O)C3)cn2)c2c(N)ncnc21. The lowest BCUT2D eigenvalue weighted by Crippen LogP contribution is -2.55. The molecule has 0 atom stereocenters. The van der Waals surface area contributed by atoms with Crippen molar-refractivity contribution >= 4 is 22.8 Å². The summed E-state index contributed by atoms with van der Waals surface area (Å²) in [7, 11) is 0. The van der Waals surface area contributed by atoms with Crippen LogP contribution in [-0.2, 0) is 10.3 Å². The zero-order valence-electron chi connectivity index (χ0n) is 20.7. The van der Waals surface area contributed by atoms with Crippen LogP contribution in [0.1, 0.15) is 45.3 Å². The first-order chi connectivity index (χ1) is 17.7. The number of ether oxygens (including phenoxy) is 1. The van der Waals surface area contributed by atoms with Crippen LogP contribution < -0.4 is 10.5 Å². The molecule has 1 aliphatic heterocycles. The van der Waals surface area contributed by atoms with E-state index in [-0.39, 0.29) is 24.1 Å². The lowest BCUT2D eigenvalue weighted by molar-refractivity contribution is -0.140. The van der Waals surface area contributed by atoms with E-state index in [1.165, 1.54) is 6.33 Å². The van der Waals surface area contributed by atoms with Gasteiger partial charge >= 0.3 is 5.97 Å². The van der Waals surface area contributed by atoms with Crippen molar-refractivity contribution in [2.24, 2.45) is 0 Å². The number of aromatic nitrogens is 7. The molecule has 3 N–H and O–H groups in total. The molecule has 37 heavy (non-hydrogen) atoms. The van der Waals surface area contributed by atoms with Crippen molar-refractivity contribution in [2.75, 3.05) is 25.4 Å². The Hall–Kier alpha value is -4.13. The molecule has 0 bridgehead atoms. The fourth-order valence-corrected chi connectivity index (χ4v) is 4.53. The second-order valence-corrected chi connectivity index (χ2v) is 10.5. The Morgan fingerprint density at radius 3 is 2.54 bits per heavy atom. The van der Waals surface area contributed by atoms with Crippen LogP contribution in [0.5, 0.6) is 5.75 Å². The average Bonchev–Trinajstić information content (AvgIpc) is 3.43. The topological polar surface area (TPSA) is 171 Å². The van der Waals surface area contributed by atoms with Crippen LogP contribution in [0.15, 0.2) is 23.2 Å². The van der Waals surface area contributed by atoms with Gasteiger partial charge in [-0.2, -0.15) is 5.10 Å². The summed E-state index contributed by atoms with van der Waals surface area (Å²) in [6.07, 6.45) is 6.55. The van der Waals surface area contributed by atoms with E-state index in [0.717, 1.165) is 18.6 Å². The zero-order valence-corrected chi connectivity index (χ0v) is 20.7. The smallest absolute Gasteiger partial charge is 0.317 e. The van der Waals surface area contributed by atoms with Gasteiger partial charge in [-0.05, 0) is 33.6 Å². The summed E-state index contributed by atoms with van der Waals surface area (Å²) < 4.78 is 13.6. The van der Waals surface area contributed by atoms with Gasteiger partial charge in [0.05, 0.1) is 35.4 Å². The van der Waals surface area contributed by atoms with Crippen LogP contribution in [-0.4, -0.2) is 76.6 Å². The highest BCUT2D eigenvalue weighted by Gasteiger charge is 2.37. The maximum atomic E-state index is 10.8. The van der Waals surface area contributed by atoms with Crippen molar-refractivity contribution in [2.45, 2.75) is 51.2 Å². The summed E-state index contributed by atoms with van der Waals surface area (Å²) in [5.74, 6) is 1.38. The van der Waals surface area contributed by atoms with Gasteiger partial charge in [0.15, 0.2) is 23.0 Å². The molecule has 1 saturated carbocycles. The minimum Gasteiger partial charge on any atom is -0.485 e. The van der Waals surface area contributed by atoms with E-state index in [1.807, 2.05) is 25.5 Å². The van der Waals surface area contributed by atoms with Crippen molar-refractivity contribution in [1.82, 2.24) is 39.8 Å². The Morgan fingerprint density at radius 1 is 1.16 bits per heavy atom. The lowest BCUT2D eigenvalue weighted by Gasteiger charge is -2.37. The van der Waals surface area contributed by atoms with Crippen LogP contribution in [0, 0.1) is 0 Å². The van der Waals surface area contributed by atoms with E-state index in [9.17, 15) is 4.79 Å². The summed E-state index contributed by atoms with van der Waals surface area (Å²) in [5.41, 5.74) is 8.23. The van der Waals surface area contributed by atoms with Gasteiger partial charge in [-0.25, -0.2) is 24.6 Å². The van der Waals surface area contributed by atoms with E-state index in [0.29, 0.717) is 58.5 Å². The molecule has 13 heteroatoms. The number of aliphatic carboxylic acids is 1. The van der Waals surface area contributed by atoms with E-state index < -0.39 is 5.97 Å². The zero-order chi connectivity index (χ0) is 25.9. The molecule has 0 aromatic carbocycles. The maximum absolute atomic E-state index is 10.8. The van der Waals surface area contributed by atoms with E-state index in [2.05, 4.69) is 25.1 Å². The van der Waals surface area contributed by atoms with Crippen molar-refractivity contribution in [3.63, 3.8) is 0 Å². The number of carboxylic acids is 1. The Morgan fingerprint density at radius 2 is 1.89 bits per heavy atom. The van der Waals surface area contributed by atoms with E-state index in [4.69, 9.17) is 25.2 Å². The molecular formula is C24H27N9O4. The predicted molar refractivity (Wildman–Crippen MR) is 132 cm³/mol. The highest BCUT2D eigenvalue weighted by atomic mass is 16.5. The number of anilines is 1. The Bertz CT molecular complexity index is 1480. The number of carbonyl (C=O) groups is 1. The second-order valence-electron chi connectivity index (χ2n) is 10.5. The van der Waals surface area contributed by atoms with Crippen molar-refractivity contribution in [3.8, 4) is 28.5 Å². The first kappa shape index (κ1) is 23.3.